The van der Waals surface area contributed by atoms with Gasteiger partial charge in [-0.3, -0.25) is 4.79 Å². The van der Waals surface area contributed by atoms with Gasteiger partial charge in [0.05, 0.1) is 34.6 Å². The molecule has 2 aromatic heterocycles. The summed E-state index contributed by atoms with van der Waals surface area (Å²) in [4.78, 5) is 40.7. The van der Waals surface area contributed by atoms with E-state index in [1.165, 1.54) is 0 Å². The summed E-state index contributed by atoms with van der Waals surface area (Å²) in [6.45, 7) is 5.47. The van der Waals surface area contributed by atoms with E-state index in [-0.39, 0.29) is 35.5 Å². The second-order valence-electron chi connectivity index (χ2n) is 8.01. The molecule has 2 aliphatic heterocycles. The van der Waals surface area contributed by atoms with Crippen molar-refractivity contribution in [2.75, 3.05) is 6.61 Å². The van der Waals surface area contributed by atoms with E-state index in [0.29, 0.717) is 35.6 Å². The molecule has 0 saturated heterocycles. The average molecular weight is 448 g/mol. The molecule has 0 bridgehead atoms. The number of aryl methyl sites for hydroxylation is 1. The maximum atomic E-state index is 13.1. The number of cyclic esters (lactones) is 1. The Morgan fingerprint density at radius 2 is 2.09 bits per heavy atom. The van der Waals surface area contributed by atoms with Crippen molar-refractivity contribution in [2.45, 2.75) is 32.6 Å². The Bertz CT molecular complexity index is 1440. The lowest BCUT2D eigenvalue weighted by Crippen LogP contribution is -2.32. The molecule has 0 fully saturated rings. The first-order valence-electron chi connectivity index (χ1n) is 10.4. The zero-order valence-corrected chi connectivity index (χ0v) is 17.8. The fourth-order valence-corrected chi connectivity index (χ4v) is 4.41. The summed E-state index contributed by atoms with van der Waals surface area (Å²) in [5.74, 6) is -1.40. The highest BCUT2D eigenvalue weighted by atomic mass is 16.5. The van der Waals surface area contributed by atoms with Crippen molar-refractivity contribution < 1.29 is 29.3 Å². The normalized spacial score (nSPS) is 16.1. The third-order valence-electron chi connectivity index (χ3n) is 6.11. The number of aliphatic hydroxyl groups is 1. The number of aliphatic hydroxyl groups excluding tert-OH is 1. The predicted octanol–water partition coefficient (Wildman–Crippen LogP) is 2.10. The third-order valence-corrected chi connectivity index (χ3v) is 6.11. The SMILES string of the molecule is C=C(COc1ccc2nc3c(c(CC)c2c1)Cn1c-3cc2c(c1=O)COC(=O)C2O)C(=O)O. The number of carboxylic acids is 1. The molecule has 0 saturated carbocycles. The summed E-state index contributed by atoms with van der Waals surface area (Å²) in [5.41, 5.74) is 3.93. The molecule has 2 aliphatic rings. The van der Waals surface area contributed by atoms with Gasteiger partial charge in [-0.2, -0.15) is 0 Å². The number of aliphatic carboxylic acids is 1. The van der Waals surface area contributed by atoms with Crippen molar-refractivity contribution in [3.05, 3.63) is 69.0 Å². The van der Waals surface area contributed by atoms with Gasteiger partial charge in [0.25, 0.3) is 5.56 Å². The van der Waals surface area contributed by atoms with E-state index in [1.807, 2.05) is 13.0 Å². The zero-order valence-electron chi connectivity index (χ0n) is 17.8. The molecule has 33 heavy (non-hydrogen) atoms. The standard InChI is InChI=1S/C24H20N2O7/c1-3-13-14-6-12(32-9-11(2)23(29)30)4-5-18(14)25-20-16(13)8-26-19(20)7-15-17(22(26)28)10-33-24(31)21(15)27/h4-7,21,27H,2-3,8-10H2,1H3,(H,29,30). The van der Waals surface area contributed by atoms with Crippen molar-refractivity contribution in [1.82, 2.24) is 9.55 Å². The number of benzene rings is 1. The molecular formula is C24H20N2O7. The van der Waals surface area contributed by atoms with Gasteiger partial charge in [0.15, 0.2) is 6.10 Å². The number of rotatable bonds is 5. The second kappa shape index (κ2) is 7.56. The molecule has 0 radical (unpaired) electrons. The molecule has 3 aromatic rings. The Hall–Kier alpha value is -3.98. The summed E-state index contributed by atoms with van der Waals surface area (Å²) in [5, 5.41) is 20.1. The number of ether oxygens (including phenoxy) is 2. The molecular weight excluding hydrogens is 428 g/mol. The van der Waals surface area contributed by atoms with Gasteiger partial charge >= 0.3 is 11.9 Å². The summed E-state index contributed by atoms with van der Waals surface area (Å²) >= 11 is 0. The van der Waals surface area contributed by atoms with Crippen molar-refractivity contribution >= 4 is 22.8 Å². The number of fused-ring (bicyclic) bond motifs is 5. The maximum Gasteiger partial charge on any atom is 0.340 e. The molecule has 0 amide bonds. The van der Waals surface area contributed by atoms with Gasteiger partial charge in [0, 0.05) is 16.5 Å². The van der Waals surface area contributed by atoms with Crippen molar-refractivity contribution in [3.8, 4) is 17.1 Å². The predicted molar refractivity (Wildman–Crippen MR) is 117 cm³/mol. The molecule has 168 valence electrons. The number of esters is 1. The summed E-state index contributed by atoms with van der Waals surface area (Å²) in [6, 6.07) is 6.94. The number of carbonyl (C=O) groups is 2. The van der Waals surface area contributed by atoms with Gasteiger partial charge in [-0.05, 0) is 36.2 Å². The van der Waals surface area contributed by atoms with Gasteiger partial charge in [-0.1, -0.05) is 13.5 Å². The Labute approximate surface area is 187 Å². The summed E-state index contributed by atoms with van der Waals surface area (Å²) in [6.07, 6.45) is -0.831. The lowest BCUT2D eigenvalue weighted by molar-refractivity contribution is -0.157. The number of pyridine rings is 2. The molecule has 2 N–H and O–H groups in total. The first-order valence-corrected chi connectivity index (χ1v) is 10.4. The van der Waals surface area contributed by atoms with E-state index >= 15 is 0 Å². The third kappa shape index (κ3) is 3.20. The van der Waals surface area contributed by atoms with Crippen molar-refractivity contribution in [1.29, 1.82) is 0 Å². The van der Waals surface area contributed by atoms with E-state index in [9.17, 15) is 19.5 Å². The quantitative estimate of drug-likeness (QED) is 0.351. The lowest BCUT2D eigenvalue weighted by atomic mass is 9.97. The minimum absolute atomic E-state index is 0.0543. The lowest BCUT2D eigenvalue weighted by Gasteiger charge is -2.21. The fourth-order valence-electron chi connectivity index (χ4n) is 4.41. The minimum Gasteiger partial charge on any atom is -0.489 e. The molecule has 0 aliphatic carbocycles. The van der Waals surface area contributed by atoms with E-state index in [4.69, 9.17) is 19.6 Å². The van der Waals surface area contributed by atoms with Gasteiger partial charge in [0.1, 0.15) is 19.0 Å². The number of hydrogen-bond donors (Lipinski definition) is 2. The zero-order chi connectivity index (χ0) is 23.4. The minimum atomic E-state index is -1.50. The maximum absolute atomic E-state index is 13.1. The molecule has 1 aromatic carbocycles. The highest BCUT2D eigenvalue weighted by Crippen LogP contribution is 2.38. The molecule has 5 rings (SSSR count). The van der Waals surface area contributed by atoms with Crippen LogP contribution in [0.4, 0.5) is 0 Å². The van der Waals surface area contributed by atoms with Crippen LogP contribution in [0.15, 0.2) is 41.2 Å². The second-order valence-corrected chi connectivity index (χ2v) is 8.01. The van der Waals surface area contributed by atoms with Gasteiger partial charge in [0.2, 0.25) is 0 Å². The monoisotopic (exact) mass is 448 g/mol. The molecule has 0 spiro atoms. The van der Waals surface area contributed by atoms with Crippen LogP contribution in [-0.2, 0) is 33.9 Å². The first kappa shape index (κ1) is 20.9. The Morgan fingerprint density at radius 3 is 2.82 bits per heavy atom. The fraction of sp³-hybridized carbons (Fsp3) is 0.250. The van der Waals surface area contributed by atoms with Crippen LogP contribution in [0.1, 0.15) is 35.3 Å². The molecule has 4 heterocycles. The van der Waals surface area contributed by atoms with Crippen LogP contribution in [0.2, 0.25) is 0 Å². The topological polar surface area (TPSA) is 128 Å². The van der Waals surface area contributed by atoms with Crippen LogP contribution in [0, 0.1) is 0 Å². The van der Waals surface area contributed by atoms with Crippen LogP contribution in [0.25, 0.3) is 22.3 Å². The smallest absolute Gasteiger partial charge is 0.340 e. The van der Waals surface area contributed by atoms with E-state index in [2.05, 4.69) is 6.58 Å². The number of aromatic nitrogens is 2. The van der Waals surface area contributed by atoms with E-state index < -0.39 is 18.0 Å². The van der Waals surface area contributed by atoms with Crippen LogP contribution in [0.3, 0.4) is 0 Å². The van der Waals surface area contributed by atoms with Crippen LogP contribution >= 0.6 is 0 Å². The number of hydrogen-bond acceptors (Lipinski definition) is 7. The summed E-state index contributed by atoms with van der Waals surface area (Å²) < 4.78 is 12.1. The number of carboxylic acid groups (broad SMARTS) is 1. The number of nitrogens with zero attached hydrogens (tertiary/aromatic N) is 2. The number of carbonyl (C=O) groups excluding carboxylic acids is 1. The molecule has 1 atom stereocenters. The highest BCUT2D eigenvalue weighted by molar-refractivity contribution is 5.89. The highest BCUT2D eigenvalue weighted by Gasteiger charge is 2.34. The van der Waals surface area contributed by atoms with Crippen LogP contribution < -0.4 is 10.3 Å². The molecule has 9 heteroatoms. The van der Waals surface area contributed by atoms with E-state index in [1.54, 1.807) is 22.8 Å². The molecule has 9 nitrogen and oxygen atoms in total. The molecule has 1 unspecified atom stereocenters. The van der Waals surface area contributed by atoms with E-state index in [0.717, 1.165) is 16.5 Å². The van der Waals surface area contributed by atoms with Gasteiger partial charge in [-0.25, -0.2) is 14.6 Å². The van der Waals surface area contributed by atoms with Gasteiger partial charge in [-0.15, -0.1) is 0 Å². The Balaban J connectivity index is 1.63. The Kier molecular flexibility index (Phi) is 4.79. The van der Waals surface area contributed by atoms with Crippen molar-refractivity contribution in [2.24, 2.45) is 0 Å². The van der Waals surface area contributed by atoms with Crippen LogP contribution in [0.5, 0.6) is 5.75 Å². The van der Waals surface area contributed by atoms with Crippen molar-refractivity contribution in [3.63, 3.8) is 0 Å². The summed E-state index contributed by atoms with van der Waals surface area (Å²) in [7, 11) is 0. The van der Waals surface area contributed by atoms with Crippen LogP contribution in [-0.4, -0.2) is 38.3 Å². The average Bonchev–Trinajstić information content (AvgIpc) is 3.17. The van der Waals surface area contributed by atoms with Gasteiger partial charge < -0.3 is 24.3 Å². The first-order chi connectivity index (χ1) is 15.8. The Morgan fingerprint density at radius 1 is 1.30 bits per heavy atom. The largest absolute Gasteiger partial charge is 0.489 e.